The predicted octanol–water partition coefficient (Wildman–Crippen LogP) is 1.26. The van der Waals surface area contributed by atoms with E-state index in [1.807, 2.05) is 19.1 Å². The molecular weight excluding hydrogens is 242 g/mol. The van der Waals surface area contributed by atoms with Gasteiger partial charge in [0.15, 0.2) is 0 Å². The molecule has 5 nitrogen and oxygen atoms in total. The molecule has 0 unspecified atom stereocenters. The van der Waals surface area contributed by atoms with Crippen molar-refractivity contribution in [1.29, 1.82) is 0 Å². The van der Waals surface area contributed by atoms with Crippen LogP contribution in [0, 0.1) is 6.92 Å². The number of pyridine rings is 1. The first-order valence-electron chi connectivity index (χ1n) is 6.86. The molecule has 1 aliphatic rings. The molecule has 1 atom stereocenters. The first-order chi connectivity index (χ1) is 9.24. The van der Waals surface area contributed by atoms with Crippen molar-refractivity contribution in [3.05, 3.63) is 23.4 Å². The van der Waals surface area contributed by atoms with E-state index in [1.54, 1.807) is 0 Å². The summed E-state index contributed by atoms with van der Waals surface area (Å²) in [5.74, 6) is 0.544. The molecule has 0 saturated carbocycles. The third-order valence-corrected chi connectivity index (χ3v) is 3.15. The van der Waals surface area contributed by atoms with Crippen molar-refractivity contribution in [2.75, 3.05) is 32.1 Å². The lowest BCUT2D eigenvalue weighted by Crippen LogP contribution is -2.27. The van der Waals surface area contributed by atoms with Gasteiger partial charge in [-0.15, -0.1) is 0 Å². The Hall–Kier alpha value is -1.17. The molecular formula is C14H23N3O2. The van der Waals surface area contributed by atoms with E-state index in [1.165, 1.54) is 12.8 Å². The number of nitrogens with one attached hydrogen (secondary N) is 1. The number of nitrogens with zero attached hydrogens (tertiary/aromatic N) is 1. The van der Waals surface area contributed by atoms with Gasteiger partial charge in [-0.2, -0.15) is 0 Å². The van der Waals surface area contributed by atoms with Gasteiger partial charge in [-0.3, -0.25) is 0 Å². The summed E-state index contributed by atoms with van der Waals surface area (Å²) >= 11 is 0. The van der Waals surface area contributed by atoms with Gasteiger partial charge in [-0.25, -0.2) is 4.98 Å². The maximum atomic E-state index is 5.68. The van der Waals surface area contributed by atoms with Crippen LogP contribution in [0.2, 0.25) is 0 Å². The van der Waals surface area contributed by atoms with Crippen LogP contribution in [-0.2, 0) is 16.1 Å². The van der Waals surface area contributed by atoms with Crippen LogP contribution in [0.4, 0.5) is 5.82 Å². The number of anilines is 1. The van der Waals surface area contributed by atoms with E-state index in [-0.39, 0.29) is 0 Å². The van der Waals surface area contributed by atoms with E-state index >= 15 is 0 Å². The van der Waals surface area contributed by atoms with Crippen LogP contribution in [0.15, 0.2) is 12.1 Å². The van der Waals surface area contributed by atoms with Crippen LogP contribution < -0.4 is 11.1 Å². The highest BCUT2D eigenvalue weighted by molar-refractivity contribution is 5.33. The molecule has 19 heavy (non-hydrogen) atoms. The summed E-state index contributed by atoms with van der Waals surface area (Å²) in [5.41, 5.74) is 7.66. The molecule has 0 radical (unpaired) electrons. The quantitative estimate of drug-likeness (QED) is 0.726. The second-order valence-corrected chi connectivity index (χ2v) is 4.98. The van der Waals surface area contributed by atoms with Gasteiger partial charge in [-0.05, 0) is 44.0 Å². The van der Waals surface area contributed by atoms with Crippen LogP contribution in [0.25, 0.3) is 0 Å². The highest BCUT2D eigenvalue weighted by Crippen LogP contribution is 2.07. The minimum absolute atomic E-state index is 0.483. The van der Waals surface area contributed by atoms with Gasteiger partial charge in [0.2, 0.25) is 0 Å². The molecule has 2 rings (SSSR count). The zero-order chi connectivity index (χ0) is 13.5. The van der Waals surface area contributed by atoms with E-state index in [9.17, 15) is 0 Å². The van der Waals surface area contributed by atoms with Crippen LogP contribution in [0.1, 0.15) is 24.1 Å². The number of hydrogen-bond donors (Lipinski definition) is 2. The SMILES string of the molecule is Cc1cc(N)nc(COCCOC[C@@H]2CCCN2)c1. The lowest BCUT2D eigenvalue weighted by atomic mass is 10.2. The molecule has 0 amide bonds. The van der Waals surface area contributed by atoms with Gasteiger partial charge in [0, 0.05) is 6.04 Å². The number of aromatic nitrogens is 1. The molecule has 5 heteroatoms. The van der Waals surface area contributed by atoms with Gasteiger partial charge in [0.1, 0.15) is 5.82 Å². The summed E-state index contributed by atoms with van der Waals surface area (Å²) in [7, 11) is 0. The second kappa shape index (κ2) is 7.43. The topological polar surface area (TPSA) is 69.4 Å². The Morgan fingerprint density at radius 1 is 1.37 bits per heavy atom. The van der Waals surface area contributed by atoms with Crippen molar-refractivity contribution in [3.8, 4) is 0 Å². The Bertz CT molecular complexity index is 372. The van der Waals surface area contributed by atoms with Crippen LogP contribution in [-0.4, -0.2) is 37.4 Å². The van der Waals surface area contributed by atoms with Gasteiger partial charge in [0.25, 0.3) is 0 Å². The molecule has 1 fully saturated rings. The normalized spacial score (nSPS) is 18.9. The smallest absolute Gasteiger partial charge is 0.123 e. The molecule has 1 aromatic rings. The summed E-state index contributed by atoms with van der Waals surface area (Å²) < 4.78 is 11.1. The molecule has 0 bridgehead atoms. The molecule has 2 heterocycles. The molecule has 106 valence electrons. The van der Waals surface area contributed by atoms with Crippen LogP contribution in [0.3, 0.4) is 0 Å². The van der Waals surface area contributed by atoms with Crippen molar-refractivity contribution >= 4 is 5.82 Å². The Morgan fingerprint density at radius 2 is 2.21 bits per heavy atom. The van der Waals surface area contributed by atoms with Gasteiger partial charge in [-0.1, -0.05) is 0 Å². The van der Waals surface area contributed by atoms with Gasteiger partial charge >= 0.3 is 0 Å². The average molecular weight is 265 g/mol. The number of nitrogen functional groups attached to an aromatic ring is 1. The Labute approximate surface area is 114 Å². The summed E-state index contributed by atoms with van der Waals surface area (Å²) in [6.07, 6.45) is 2.47. The molecule has 0 spiro atoms. The second-order valence-electron chi connectivity index (χ2n) is 4.98. The van der Waals surface area contributed by atoms with Gasteiger partial charge in [0.05, 0.1) is 32.1 Å². The zero-order valence-electron chi connectivity index (χ0n) is 11.5. The molecule has 1 aromatic heterocycles. The standard InChI is InChI=1S/C14H23N3O2/c1-11-7-13(17-14(15)8-11)10-19-6-5-18-9-12-3-2-4-16-12/h7-8,12,16H,2-6,9-10H2,1H3,(H2,15,17)/t12-/m0/s1. The molecule has 0 aromatic carbocycles. The fourth-order valence-electron chi connectivity index (χ4n) is 2.26. The Kier molecular flexibility index (Phi) is 5.57. The van der Waals surface area contributed by atoms with E-state index in [0.717, 1.165) is 24.4 Å². The minimum Gasteiger partial charge on any atom is -0.384 e. The number of aryl methyl sites for hydroxylation is 1. The highest BCUT2D eigenvalue weighted by Gasteiger charge is 2.13. The monoisotopic (exact) mass is 265 g/mol. The fourth-order valence-corrected chi connectivity index (χ4v) is 2.26. The third kappa shape index (κ3) is 5.14. The number of hydrogen-bond acceptors (Lipinski definition) is 5. The predicted molar refractivity (Wildman–Crippen MR) is 74.9 cm³/mol. The molecule has 3 N–H and O–H groups in total. The number of ether oxygens (including phenoxy) is 2. The van der Waals surface area contributed by atoms with Gasteiger partial charge < -0.3 is 20.5 Å². The maximum absolute atomic E-state index is 5.68. The molecule has 0 aliphatic carbocycles. The summed E-state index contributed by atoms with van der Waals surface area (Å²) in [6, 6.07) is 4.36. The van der Waals surface area contributed by atoms with Crippen molar-refractivity contribution in [2.45, 2.75) is 32.4 Å². The van der Waals surface area contributed by atoms with E-state index < -0.39 is 0 Å². The van der Waals surface area contributed by atoms with E-state index in [2.05, 4.69) is 10.3 Å². The van der Waals surface area contributed by atoms with Crippen molar-refractivity contribution in [3.63, 3.8) is 0 Å². The minimum atomic E-state index is 0.483. The zero-order valence-corrected chi connectivity index (χ0v) is 11.5. The lowest BCUT2D eigenvalue weighted by molar-refractivity contribution is 0.0334. The maximum Gasteiger partial charge on any atom is 0.123 e. The van der Waals surface area contributed by atoms with Crippen molar-refractivity contribution in [1.82, 2.24) is 10.3 Å². The van der Waals surface area contributed by atoms with E-state index in [0.29, 0.717) is 31.7 Å². The van der Waals surface area contributed by atoms with E-state index in [4.69, 9.17) is 15.2 Å². The fraction of sp³-hybridized carbons (Fsp3) is 0.643. The Morgan fingerprint density at radius 3 is 2.95 bits per heavy atom. The molecule has 1 saturated heterocycles. The lowest BCUT2D eigenvalue weighted by Gasteiger charge is -2.11. The van der Waals surface area contributed by atoms with Crippen LogP contribution >= 0.6 is 0 Å². The first-order valence-corrected chi connectivity index (χ1v) is 6.86. The molecule has 1 aliphatic heterocycles. The number of nitrogens with two attached hydrogens (primary N) is 1. The third-order valence-electron chi connectivity index (χ3n) is 3.15. The van der Waals surface area contributed by atoms with Crippen LogP contribution in [0.5, 0.6) is 0 Å². The Balaban J connectivity index is 1.56. The first kappa shape index (κ1) is 14.2. The summed E-state index contributed by atoms with van der Waals surface area (Å²) in [6.45, 7) is 5.59. The largest absolute Gasteiger partial charge is 0.384 e. The van der Waals surface area contributed by atoms with Crippen molar-refractivity contribution < 1.29 is 9.47 Å². The highest BCUT2D eigenvalue weighted by atomic mass is 16.5. The average Bonchev–Trinajstić information content (AvgIpc) is 2.85. The van der Waals surface area contributed by atoms with Crippen molar-refractivity contribution in [2.24, 2.45) is 0 Å². The summed E-state index contributed by atoms with van der Waals surface area (Å²) in [4.78, 5) is 4.22. The summed E-state index contributed by atoms with van der Waals surface area (Å²) in [5, 5.41) is 3.40. The number of rotatable bonds is 7.